The average molecular weight is 451 g/mol. The number of hydrogen-bond donors (Lipinski definition) is 0. The van der Waals surface area contributed by atoms with Gasteiger partial charge in [-0.3, -0.25) is 0 Å². The maximum Gasteiger partial charge on any atom is 0.0984 e. The highest BCUT2D eigenvalue weighted by Gasteiger charge is 2.32. The molecule has 0 saturated carbocycles. The fourth-order valence-electron chi connectivity index (χ4n) is 4.75. The average Bonchev–Trinajstić information content (AvgIpc) is 3.66. The van der Waals surface area contributed by atoms with Crippen molar-refractivity contribution in [2.75, 3.05) is 62.4 Å². The normalized spacial score (nSPS) is 26.7. The molecular weight excluding hydrogens is 416 g/mol. The second-order valence-corrected chi connectivity index (χ2v) is 9.74. The summed E-state index contributed by atoms with van der Waals surface area (Å²) in [5, 5.41) is 0. The molecule has 6 heteroatoms. The minimum Gasteiger partial charge on any atom is -0.371 e. The van der Waals surface area contributed by atoms with Gasteiger partial charge in [0.2, 0.25) is 0 Å². The second kappa shape index (κ2) is 9.63. The van der Waals surface area contributed by atoms with Crippen molar-refractivity contribution in [2.45, 2.75) is 43.7 Å². The molecule has 4 heterocycles. The quantitative estimate of drug-likeness (QED) is 0.413. The highest BCUT2D eigenvalue weighted by atomic mass is 16.6. The molecule has 4 aliphatic heterocycles. The monoisotopic (exact) mass is 450 g/mol. The molecule has 176 valence electrons. The Hall–Kier alpha value is -2.12. The largest absolute Gasteiger partial charge is 0.371 e. The third-order valence-electron chi connectivity index (χ3n) is 6.86. The Morgan fingerprint density at radius 2 is 0.879 bits per heavy atom. The van der Waals surface area contributed by atoms with Gasteiger partial charge in [-0.15, -0.1) is 0 Å². The third-order valence-corrected chi connectivity index (χ3v) is 6.86. The fourth-order valence-corrected chi connectivity index (χ4v) is 4.75. The molecule has 2 aromatic rings. The Labute approximate surface area is 196 Å². The van der Waals surface area contributed by atoms with Crippen LogP contribution in [-0.4, -0.2) is 77.0 Å². The molecule has 0 amide bonds. The number of nitrogens with zero attached hydrogens (tertiary/aromatic N) is 2. The minimum absolute atomic E-state index is 0.376. The van der Waals surface area contributed by atoms with Crippen molar-refractivity contribution in [2.24, 2.45) is 0 Å². The van der Waals surface area contributed by atoms with E-state index in [-0.39, 0.29) is 0 Å². The van der Waals surface area contributed by atoms with E-state index in [1.54, 1.807) is 0 Å². The number of aryl methyl sites for hydroxylation is 2. The summed E-state index contributed by atoms with van der Waals surface area (Å²) in [6.07, 6.45) is 4.75. The highest BCUT2D eigenvalue weighted by molar-refractivity contribution is 5.56. The molecule has 33 heavy (non-hydrogen) atoms. The van der Waals surface area contributed by atoms with Gasteiger partial charge in [0.05, 0.1) is 50.8 Å². The molecule has 0 radical (unpaired) electrons. The maximum atomic E-state index is 5.54. The van der Waals surface area contributed by atoms with Crippen LogP contribution in [0.2, 0.25) is 0 Å². The molecule has 6 rings (SSSR count). The SMILES string of the molecule is c1ccc(N(CC2CO2)CC2CO2)c(CCCc2ccccc2N(CC2CO2)CC2CO2)c1. The molecule has 4 fully saturated rings. The topological polar surface area (TPSA) is 56.6 Å². The summed E-state index contributed by atoms with van der Waals surface area (Å²) in [4.78, 5) is 4.96. The van der Waals surface area contributed by atoms with E-state index >= 15 is 0 Å². The zero-order chi connectivity index (χ0) is 22.0. The first-order valence-corrected chi connectivity index (χ1v) is 12.4. The van der Waals surface area contributed by atoms with Crippen molar-refractivity contribution < 1.29 is 18.9 Å². The lowest BCUT2D eigenvalue weighted by Crippen LogP contribution is -2.32. The lowest BCUT2D eigenvalue weighted by molar-refractivity contribution is 0.388. The molecule has 0 aromatic heterocycles. The Balaban J connectivity index is 1.13. The Morgan fingerprint density at radius 1 is 0.545 bits per heavy atom. The number of para-hydroxylation sites is 2. The molecule has 0 N–H and O–H groups in total. The van der Waals surface area contributed by atoms with Gasteiger partial charge in [0.25, 0.3) is 0 Å². The van der Waals surface area contributed by atoms with Crippen LogP contribution in [0.15, 0.2) is 48.5 Å². The number of ether oxygens (including phenoxy) is 4. The predicted octanol–water partition coefficient (Wildman–Crippen LogP) is 3.07. The van der Waals surface area contributed by atoms with Gasteiger partial charge in [-0.2, -0.15) is 0 Å². The van der Waals surface area contributed by atoms with Gasteiger partial charge < -0.3 is 28.7 Å². The van der Waals surface area contributed by atoms with Crippen molar-refractivity contribution >= 4 is 11.4 Å². The molecule has 4 saturated heterocycles. The molecule has 0 bridgehead atoms. The number of anilines is 2. The van der Waals surface area contributed by atoms with Crippen molar-refractivity contribution in [3.63, 3.8) is 0 Å². The summed E-state index contributed by atoms with van der Waals surface area (Å²) in [5.41, 5.74) is 5.53. The van der Waals surface area contributed by atoms with Gasteiger partial charge in [0, 0.05) is 37.6 Å². The summed E-state index contributed by atoms with van der Waals surface area (Å²) >= 11 is 0. The Bertz CT molecular complexity index is 834. The van der Waals surface area contributed by atoms with Crippen LogP contribution >= 0.6 is 0 Å². The van der Waals surface area contributed by atoms with E-state index < -0.39 is 0 Å². The van der Waals surface area contributed by atoms with Gasteiger partial charge in [-0.25, -0.2) is 0 Å². The first-order chi connectivity index (χ1) is 16.3. The summed E-state index contributed by atoms with van der Waals surface area (Å²) in [7, 11) is 0. The minimum atomic E-state index is 0.376. The number of epoxide rings is 4. The van der Waals surface area contributed by atoms with Crippen LogP contribution in [0.4, 0.5) is 11.4 Å². The lowest BCUT2D eigenvalue weighted by Gasteiger charge is -2.27. The van der Waals surface area contributed by atoms with Crippen LogP contribution in [0.5, 0.6) is 0 Å². The van der Waals surface area contributed by atoms with E-state index in [0.29, 0.717) is 24.4 Å². The van der Waals surface area contributed by atoms with Gasteiger partial charge in [0.15, 0.2) is 0 Å². The summed E-state index contributed by atoms with van der Waals surface area (Å²) in [5.74, 6) is 0. The lowest BCUT2D eigenvalue weighted by atomic mass is 10.00. The molecule has 6 nitrogen and oxygen atoms in total. The molecule has 2 aromatic carbocycles. The van der Waals surface area contributed by atoms with Gasteiger partial charge >= 0.3 is 0 Å². The molecule has 0 aliphatic carbocycles. The molecule has 0 spiro atoms. The predicted molar refractivity (Wildman–Crippen MR) is 128 cm³/mol. The zero-order valence-corrected chi connectivity index (χ0v) is 19.2. The number of hydrogen-bond acceptors (Lipinski definition) is 6. The fraction of sp³-hybridized carbons (Fsp3) is 0.556. The van der Waals surface area contributed by atoms with E-state index in [2.05, 4.69) is 58.3 Å². The summed E-state index contributed by atoms with van der Waals surface area (Å²) in [6, 6.07) is 17.7. The van der Waals surface area contributed by atoms with Gasteiger partial charge in [-0.05, 0) is 42.5 Å². The van der Waals surface area contributed by atoms with E-state index in [9.17, 15) is 0 Å². The van der Waals surface area contributed by atoms with Crippen LogP contribution in [0.25, 0.3) is 0 Å². The summed E-state index contributed by atoms with van der Waals surface area (Å²) < 4.78 is 22.1. The van der Waals surface area contributed by atoms with Gasteiger partial charge in [-0.1, -0.05) is 36.4 Å². The van der Waals surface area contributed by atoms with Crippen LogP contribution in [-0.2, 0) is 31.8 Å². The van der Waals surface area contributed by atoms with Crippen molar-refractivity contribution in [3.8, 4) is 0 Å². The molecule has 4 unspecified atom stereocenters. The Kier molecular flexibility index (Phi) is 6.25. The molecule has 4 atom stereocenters. The van der Waals surface area contributed by atoms with Gasteiger partial charge in [0.1, 0.15) is 0 Å². The van der Waals surface area contributed by atoms with E-state index in [1.807, 2.05) is 0 Å². The van der Waals surface area contributed by atoms with Crippen LogP contribution in [0, 0.1) is 0 Å². The molecular formula is C27H34N2O4. The standard InChI is InChI=1S/C27H34N2O4/c1-3-10-26(28(12-22-16-30-22)13-23-17-31-23)20(6-1)8-5-9-21-7-2-4-11-27(21)29(14-24-18-32-24)15-25-19-33-25/h1-4,6-7,10-11,22-25H,5,8-9,12-19H2. The smallest absolute Gasteiger partial charge is 0.0984 e. The van der Waals surface area contributed by atoms with E-state index in [1.165, 1.54) is 22.5 Å². The number of benzene rings is 2. The highest BCUT2D eigenvalue weighted by Crippen LogP contribution is 2.29. The first kappa shape index (κ1) is 21.4. The van der Waals surface area contributed by atoms with E-state index in [0.717, 1.165) is 71.9 Å². The third kappa shape index (κ3) is 6.07. The zero-order valence-electron chi connectivity index (χ0n) is 19.2. The maximum absolute atomic E-state index is 5.54. The van der Waals surface area contributed by atoms with Crippen LogP contribution in [0.3, 0.4) is 0 Å². The van der Waals surface area contributed by atoms with Crippen molar-refractivity contribution in [3.05, 3.63) is 59.7 Å². The second-order valence-electron chi connectivity index (χ2n) is 9.74. The Morgan fingerprint density at radius 3 is 1.21 bits per heavy atom. The first-order valence-electron chi connectivity index (χ1n) is 12.4. The summed E-state index contributed by atoms with van der Waals surface area (Å²) in [6.45, 7) is 7.37. The van der Waals surface area contributed by atoms with E-state index in [4.69, 9.17) is 18.9 Å². The van der Waals surface area contributed by atoms with Crippen molar-refractivity contribution in [1.29, 1.82) is 0 Å². The van der Waals surface area contributed by atoms with Crippen molar-refractivity contribution in [1.82, 2.24) is 0 Å². The van der Waals surface area contributed by atoms with Crippen LogP contribution in [0.1, 0.15) is 17.5 Å². The van der Waals surface area contributed by atoms with Crippen LogP contribution < -0.4 is 9.80 Å². The molecule has 4 aliphatic rings. The number of rotatable bonds is 14.